The fourth-order valence-corrected chi connectivity index (χ4v) is 4.01. The van der Waals surface area contributed by atoms with E-state index in [1.807, 2.05) is 4.90 Å². The van der Waals surface area contributed by atoms with Crippen molar-refractivity contribution in [2.24, 2.45) is 0 Å². The maximum atomic E-state index is 11.4. The molecule has 2 aliphatic rings. The SMILES string of the molecule is CC(=O)N1CCN(C2CCC(c3ccc(C)cc3)CC2)CC1. The van der Waals surface area contributed by atoms with Gasteiger partial charge in [0.25, 0.3) is 0 Å². The van der Waals surface area contributed by atoms with Crippen LogP contribution >= 0.6 is 0 Å². The Hall–Kier alpha value is -1.35. The number of hydrogen-bond donors (Lipinski definition) is 0. The molecule has 1 amide bonds. The molecule has 0 spiro atoms. The summed E-state index contributed by atoms with van der Waals surface area (Å²) in [7, 11) is 0. The molecule has 0 radical (unpaired) electrons. The second-order valence-electron chi connectivity index (χ2n) is 6.96. The lowest BCUT2D eigenvalue weighted by Gasteiger charge is -2.41. The predicted octanol–water partition coefficient (Wildman–Crippen LogP) is 3.19. The van der Waals surface area contributed by atoms with E-state index in [9.17, 15) is 4.79 Å². The van der Waals surface area contributed by atoms with Crippen LogP contribution in [0.2, 0.25) is 0 Å². The molecule has 0 atom stereocenters. The zero-order chi connectivity index (χ0) is 15.5. The Morgan fingerprint density at radius 1 is 0.955 bits per heavy atom. The van der Waals surface area contributed by atoms with Crippen LogP contribution in [0.25, 0.3) is 0 Å². The standard InChI is InChI=1S/C19H28N2O/c1-15-3-5-17(6-4-15)18-7-9-19(10-8-18)21-13-11-20(12-14-21)16(2)22/h3-6,18-19H,7-14H2,1-2H3. The highest BCUT2D eigenvalue weighted by Crippen LogP contribution is 2.35. The van der Waals surface area contributed by atoms with Crippen molar-refractivity contribution in [1.29, 1.82) is 0 Å². The van der Waals surface area contributed by atoms with E-state index in [0.29, 0.717) is 0 Å². The van der Waals surface area contributed by atoms with Crippen LogP contribution in [-0.2, 0) is 4.79 Å². The van der Waals surface area contributed by atoms with Crippen LogP contribution in [-0.4, -0.2) is 47.9 Å². The van der Waals surface area contributed by atoms with Gasteiger partial charge in [-0.3, -0.25) is 9.69 Å². The van der Waals surface area contributed by atoms with E-state index < -0.39 is 0 Å². The van der Waals surface area contributed by atoms with E-state index in [1.54, 1.807) is 6.92 Å². The monoisotopic (exact) mass is 300 g/mol. The van der Waals surface area contributed by atoms with Crippen LogP contribution < -0.4 is 0 Å². The summed E-state index contributed by atoms with van der Waals surface area (Å²) in [5.41, 5.74) is 2.87. The first-order valence-corrected chi connectivity index (χ1v) is 8.69. The molecular weight excluding hydrogens is 272 g/mol. The average Bonchev–Trinajstić information content (AvgIpc) is 2.56. The number of nitrogens with zero attached hydrogens (tertiary/aromatic N) is 2. The molecule has 1 heterocycles. The first-order valence-electron chi connectivity index (χ1n) is 8.69. The van der Waals surface area contributed by atoms with Gasteiger partial charge in [-0.05, 0) is 44.1 Å². The molecule has 1 aromatic rings. The molecule has 120 valence electrons. The number of carbonyl (C=O) groups excluding carboxylic acids is 1. The second kappa shape index (κ2) is 6.82. The van der Waals surface area contributed by atoms with E-state index >= 15 is 0 Å². The number of piperazine rings is 1. The number of aryl methyl sites for hydroxylation is 1. The maximum Gasteiger partial charge on any atom is 0.219 e. The van der Waals surface area contributed by atoms with Gasteiger partial charge >= 0.3 is 0 Å². The van der Waals surface area contributed by atoms with Crippen molar-refractivity contribution in [3.05, 3.63) is 35.4 Å². The van der Waals surface area contributed by atoms with Crippen LogP contribution in [0.1, 0.15) is 49.7 Å². The van der Waals surface area contributed by atoms with Gasteiger partial charge < -0.3 is 4.90 Å². The van der Waals surface area contributed by atoms with Gasteiger partial charge in [0.15, 0.2) is 0 Å². The molecule has 0 aromatic heterocycles. The largest absolute Gasteiger partial charge is 0.340 e. The summed E-state index contributed by atoms with van der Waals surface area (Å²) in [5, 5.41) is 0. The predicted molar refractivity (Wildman–Crippen MR) is 90.0 cm³/mol. The van der Waals surface area contributed by atoms with Gasteiger partial charge in [-0.2, -0.15) is 0 Å². The maximum absolute atomic E-state index is 11.4. The summed E-state index contributed by atoms with van der Waals surface area (Å²) >= 11 is 0. The molecule has 3 nitrogen and oxygen atoms in total. The minimum absolute atomic E-state index is 0.225. The fraction of sp³-hybridized carbons (Fsp3) is 0.632. The average molecular weight is 300 g/mol. The van der Waals surface area contributed by atoms with Crippen LogP contribution in [0.5, 0.6) is 0 Å². The van der Waals surface area contributed by atoms with E-state index in [1.165, 1.54) is 36.8 Å². The number of rotatable bonds is 2. The molecule has 22 heavy (non-hydrogen) atoms. The molecule has 3 heteroatoms. The third-order valence-electron chi connectivity index (χ3n) is 5.52. The van der Waals surface area contributed by atoms with Crippen LogP contribution in [0.3, 0.4) is 0 Å². The lowest BCUT2D eigenvalue weighted by Crippen LogP contribution is -2.52. The van der Waals surface area contributed by atoms with Crippen LogP contribution in [0.4, 0.5) is 0 Å². The molecule has 2 fully saturated rings. The zero-order valence-corrected chi connectivity index (χ0v) is 13.9. The molecule has 3 rings (SSSR count). The van der Waals surface area contributed by atoms with E-state index in [0.717, 1.165) is 38.1 Å². The molecule has 1 saturated heterocycles. The van der Waals surface area contributed by atoms with Gasteiger partial charge in [0.2, 0.25) is 5.91 Å². The second-order valence-corrected chi connectivity index (χ2v) is 6.96. The third-order valence-corrected chi connectivity index (χ3v) is 5.52. The Morgan fingerprint density at radius 3 is 2.09 bits per heavy atom. The molecule has 0 unspecified atom stereocenters. The number of hydrogen-bond acceptors (Lipinski definition) is 2. The Balaban J connectivity index is 1.50. The summed E-state index contributed by atoms with van der Waals surface area (Å²) < 4.78 is 0. The quantitative estimate of drug-likeness (QED) is 0.837. The molecule has 1 aliphatic carbocycles. The summed E-state index contributed by atoms with van der Waals surface area (Å²) in [6, 6.07) is 9.83. The van der Waals surface area contributed by atoms with Crippen LogP contribution in [0, 0.1) is 6.92 Å². The van der Waals surface area contributed by atoms with E-state index in [4.69, 9.17) is 0 Å². The van der Waals surface area contributed by atoms with Gasteiger partial charge in [0.1, 0.15) is 0 Å². The van der Waals surface area contributed by atoms with Crippen molar-refractivity contribution in [3.8, 4) is 0 Å². The van der Waals surface area contributed by atoms with Crippen molar-refractivity contribution < 1.29 is 4.79 Å². The molecule has 1 aromatic carbocycles. The van der Waals surface area contributed by atoms with Gasteiger partial charge in [-0.1, -0.05) is 29.8 Å². The van der Waals surface area contributed by atoms with Gasteiger partial charge in [0, 0.05) is 39.1 Å². The van der Waals surface area contributed by atoms with Crippen molar-refractivity contribution >= 4 is 5.91 Å². The minimum atomic E-state index is 0.225. The Bertz CT molecular complexity index is 495. The van der Waals surface area contributed by atoms with Crippen molar-refractivity contribution in [1.82, 2.24) is 9.80 Å². The van der Waals surface area contributed by atoms with Gasteiger partial charge in [-0.15, -0.1) is 0 Å². The van der Waals surface area contributed by atoms with Gasteiger partial charge in [-0.25, -0.2) is 0 Å². The molecule has 1 saturated carbocycles. The number of amides is 1. The van der Waals surface area contributed by atoms with E-state index in [-0.39, 0.29) is 5.91 Å². The van der Waals surface area contributed by atoms with Crippen molar-refractivity contribution in [3.63, 3.8) is 0 Å². The topological polar surface area (TPSA) is 23.6 Å². The third kappa shape index (κ3) is 3.52. The number of carbonyl (C=O) groups is 1. The highest BCUT2D eigenvalue weighted by atomic mass is 16.2. The van der Waals surface area contributed by atoms with Crippen molar-refractivity contribution in [2.75, 3.05) is 26.2 Å². The van der Waals surface area contributed by atoms with E-state index in [2.05, 4.69) is 36.1 Å². The molecule has 1 aliphatic heterocycles. The highest BCUT2D eigenvalue weighted by molar-refractivity contribution is 5.73. The first-order chi connectivity index (χ1) is 10.6. The molecular formula is C19H28N2O. The fourth-order valence-electron chi connectivity index (χ4n) is 4.01. The summed E-state index contributed by atoms with van der Waals surface area (Å²) in [5.74, 6) is 0.970. The smallest absolute Gasteiger partial charge is 0.219 e. The lowest BCUT2D eigenvalue weighted by molar-refractivity contribution is -0.131. The van der Waals surface area contributed by atoms with Crippen LogP contribution in [0.15, 0.2) is 24.3 Å². The molecule has 0 bridgehead atoms. The first kappa shape index (κ1) is 15.5. The minimum Gasteiger partial charge on any atom is -0.340 e. The Labute approximate surface area is 134 Å². The lowest BCUT2D eigenvalue weighted by atomic mass is 9.81. The number of benzene rings is 1. The summed E-state index contributed by atoms with van der Waals surface area (Å²) in [4.78, 5) is 16.0. The Kier molecular flexibility index (Phi) is 4.82. The summed E-state index contributed by atoms with van der Waals surface area (Å²) in [6.45, 7) is 7.77. The Morgan fingerprint density at radius 2 is 1.55 bits per heavy atom. The zero-order valence-electron chi connectivity index (χ0n) is 13.9. The molecule has 0 N–H and O–H groups in total. The van der Waals surface area contributed by atoms with Gasteiger partial charge in [0.05, 0.1) is 0 Å². The normalized spacial score (nSPS) is 26.9. The van der Waals surface area contributed by atoms with Crippen molar-refractivity contribution in [2.45, 2.75) is 51.5 Å². The highest BCUT2D eigenvalue weighted by Gasteiger charge is 2.29. The summed E-state index contributed by atoms with van der Waals surface area (Å²) in [6.07, 6.45) is 5.22.